The van der Waals surface area contributed by atoms with Crippen molar-refractivity contribution in [3.63, 3.8) is 0 Å². The minimum absolute atomic E-state index is 0.0525. The lowest BCUT2D eigenvalue weighted by atomic mass is 10.1. The van der Waals surface area contributed by atoms with Crippen LogP contribution in [0.5, 0.6) is 0 Å². The smallest absolute Gasteiger partial charge is 0.259 e. The molecule has 0 radical (unpaired) electrons. The summed E-state index contributed by atoms with van der Waals surface area (Å²) in [7, 11) is 0. The highest BCUT2D eigenvalue weighted by atomic mass is 16.2. The molecule has 0 unspecified atom stereocenters. The highest BCUT2D eigenvalue weighted by Crippen LogP contribution is 2.18. The molecule has 150 valence electrons. The van der Waals surface area contributed by atoms with Crippen LogP contribution in [0.4, 0.5) is 5.69 Å². The lowest BCUT2D eigenvalue weighted by molar-refractivity contribution is 0.0772. The van der Waals surface area contributed by atoms with Crippen molar-refractivity contribution in [2.75, 3.05) is 18.4 Å². The van der Waals surface area contributed by atoms with Gasteiger partial charge in [0.1, 0.15) is 0 Å². The van der Waals surface area contributed by atoms with E-state index >= 15 is 0 Å². The highest BCUT2D eigenvalue weighted by Gasteiger charge is 2.19. The van der Waals surface area contributed by atoms with Crippen LogP contribution in [0.1, 0.15) is 47.2 Å². The van der Waals surface area contributed by atoms with Crippen molar-refractivity contribution in [3.8, 4) is 5.82 Å². The normalized spacial score (nSPS) is 10.6. The molecule has 0 saturated heterocycles. The minimum atomic E-state index is -0.267. The van der Waals surface area contributed by atoms with E-state index in [9.17, 15) is 9.59 Å². The topological polar surface area (TPSA) is 80.1 Å². The van der Waals surface area contributed by atoms with Crippen LogP contribution in [0.2, 0.25) is 0 Å². The fourth-order valence-electron chi connectivity index (χ4n) is 3.20. The maximum Gasteiger partial charge on any atom is 0.259 e. The average molecular weight is 391 g/mol. The third-order valence-corrected chi connectivity index (χ3v) is 4.73. The second-order valence-corrected chi connectivity index (χ2v) is 6.47. The molecule has 7 heteroatoms. The molecule has 0 saturated carbocycles. The van der Waals surface area contributed by atoms with Crippen molar-refractivity contribution in [2.45, 2.75) is 27.2 Å². The van der Waals surface area contributed by atoms with Crippen molar-refractivity contribution >= 4 is 17.5 Å². The van der Waals surface area contributed by atoms with Crippen LogP contribution in [0, 0.1) is 0 Å². The molecule has 7 nitrogen and oxygen atoms in total. The van der Waals surface area contributed by atoms with Crippen molar-refractivity contribution in [1.82, 2.24) is 19.7 Å². The Morgan fingerprint density at radius 2 is 1.86 bits per heavy atom. The van der Waals surface area contributed by atoms with E-state index in [1.807, 2.05) is 39.0 Å². The molecule has 1 aromatic carbocycles. The minimum Gasteiger partial charge on any atom is -0.339 e. The largest absolute Gasteiger partial charge is 0.339 e. The third-order valence-electron chi connectivity index (χ3n) is 4.73. The Morgan fingerprint density at radius 1 is 1.07 bits per heavy atom. The highest BCUT2D eigenvalue weighted by molar-refractivity contribution is 6.05. The van der Waals surface area contributed by atoms with Gasteiger partial charge in [-0.25, -0.2) is 9.67 Å². The number of nitrogens with one attached hydrogen (secondary N) is 1. The quantitative estimate of drug-likeness (QED) is 0.668. The van der Waals surface area contributed by atoms with Gasteiger partial charge in [-0.05, 0) is 50.6 Å². The Labute approximate surface area is 170 Å². The third kappa shape index (κ3) is 4.34. The van der Waals surface area contributed by atoms with Gasteiger partial charge in [-0.1, -0.05) is 19.1 Å². The number of nitrogens with zero attached hydrogens (tertiary/aromatic N) is 4. The molecule has 0 bridgehead atoms. The number of hydrogen-bond acceptors (Lipinski definition) is 4. The Hall–Kier alpha value is -3.48. The number of carbonyl (C=O) groups excluding carboxylic acids is 2. The number of pyridine rings is 1. The molecular formula is C22H25N5O2. The molecule has 0 atom stereocenters. The summed E-state index contributed by atoms with van der Waals surface area (Å²) in [4.78, 5) is 31.5. The van der Waals surface area contributed by atoms with E-state index in [-0.39, 0.29) is 11.8 Å². The van der Waals surface area contributed by atoms with Crippen LogP contribution < -0.4 is 5.32 Å². The molecule has 2 amide bonds. The van der Waals surface area contributed by atoms with E-state index in [1.165, 1.54) is 0 Å². The molecule has 29 heavy (non-hydrogen) atoms. The average Bonchev–Trinajstić information content (AvgIpc) is 3.19. The number of carbonyl (C=O) groups is 2. The zero-order valence-electron chi connectivity index (χ0n) is 16.9. The van der Waals surface area contributed by atoms with Gasteiger partial charge < -0.3 is 10.2 Å². The molecule has 0 spiro atoms. The number of benzene rings is 1. The van der Waals surface area contributed by atoms with Crippen LogP contribution in [-0.2, 0) is 6.42 Å². The first-order valence-corrected chi connectivity index (χ1v) is 9.78. The summed E-state index contributed by atoms with van der Waals surface area (Å²) in [6.45, 7) is 7.13. The summed E-state index contributed by atoms with van der Waals surface area (Å²) in [5.74, 6) is 0.343. The molecule has 0 aliphatic carbocycles. The summed E-state index contributed by atoms with van der Waals surface area (Å²) >= 11 is 0. The van der Waals surface area contributed by atoms with Gasteiger partial charge in [0.2, 0.25) is 0 Å². The van der Waals surface area contributed by atoms with Gasteiger partial charge in [-0.3, -0.25) is 9.59 Å². The zero-order valence-corrected chi connectivity index (χ0v) is 16.9. The summed E-state index contributed by atoms with van der Waals surface area (Å²) < 4.78 is 1.68. The Balaban J connectivity index is 1.84. The first-order valence-electron chi connectivity index (χ1n) is 9.78. The molecule has 2 heterocycles. The molecule has 0 fully saturated rings. The molecule has 2 aromatic heterocycles. The molecule has 0 aliphatic heterocycles. The first-order chi connectivity index (χ1) is 14.1. The van der Waals surface area contributed by atoms with Gasteiger partial charge in [-0.15, -0.1) is 0 Å². The first kappa shape index (κ1) is 20.3. The summed E-state index contributed by atoms with van der Waals surface area (Å²) in [6.07, 6.45) is 3.86. The standard InChI is InChI=1S/C22H25N5O2/c1-4-19-18(15-24-27(19)20-12-7-8-13-23-20)21(28)25-17-11-9-10-16(14-17)22(29)26(5-2)6-3/h7-15H,4-6H2,1-3H3,(H,25,28). The van der Waals surface area contributed by atoms with Crippen LogP contribution in [0.15, 0.2) is 54.9 Å². The van der Waals surface area contributed by atoms with Crippen LogP contribution in [0.25, 0.3) is 5.82 Å². The van der Waals surface area contributed by atoms with Crippen LogP contribution >= 0.6 is 0 Å². The molecule has 3 rings (SSSR count). The van der Waals surface area contributed by atoms with Crippen LogP contribution in [0.3, 0.4) is 0 Å². The Kier molecular flexibility index (Phi) is 6.39. The number of hydrogen-bond donors (Lipinski definition) is 1. The van der Waals surface area contributed by atoms with Gasteiger partial charge in [0.15, 0.2) is 5.82 Å². The fraction of sp³-hybridized carbons (Fsp3) is 0.273. The number of anilines is 1. The van der Waals surface area contributed by atoms with Gasteiger partial charge in [0, 0.05) is 30.5 Å². The molecule has 0 aliphatic rings. The SMILES string of the molecule is CCc1c(C(=O)Nc2cccc(C(=O)N(CC)CC)c2)cnn1-c1ccccn1. The van der Waals surface area contributed by atoms with Crippen molar-refractivity contribution in [1.29, 1.82) is 0 Å². The summed E-state index contributed by atoms with van der Waals surface area (Å²) in [5.41, 5.74) is 2.38. The van der Waals surface area contributed by atoms with Crippen LogP contribution in [-0.4, -0.2) is 44.6 Å². The van der Waals surface area contributed by atoms with E-state index in [0.29, 0.717) is 42.1 Å². The van der Waals surface area contributed by atoms with E-state index in [4.69, 9.17) is 0 Å². The molecule has 1 N–H and O–H groups in total. The number of amides is 2. The second-order valence-electron chi connectivity index (χ2n) is 6.47. The monoisotopic (exact) mass is 391 g/mol. The van der Waals surface area contributed by atoms with Gasteiger partial charge in [-0.2, -0.15) is 5.10 Å². The van der Waals surface area contributed by atoms with E-state index in [0.717, 1.165) is 5.69 Å². The number of aromatic nitrogens is 3. The predicted octanol–water partition coefficient (Wildman–Crippen LogP) is 3.56. The maximum absolute atomic E-state index is 12.9. The maximum atomic E-state index is 12.9. The van der Waals surface area contributed by atoms with E-state index in [1.54, 1.807) is 46.2 Å². The lowest BCUT2D eigenvalue weighted by Gasteiger charge is -2.19. The summed E-state index contributed by atoms with van der Waals surface area (Å²) in [6, 6.07) is 12.5. The predicted molar refractivity (Wildman–Crippen MR) is 112 cm³/mol. The lowest BCUT2D eigenvalue weighted by Crippen LogP contribution is -2.30. The Morgan fingerprint density at radius 3 is 2.52 bits per heavy atom. The van der Waals surface area contributed by atoms with Gasteiger partial charge in [0.25, 0.3) is 11.8 Å². The van der Waals surface area contributed by atoms with E-state index in [2.05, 4.69) is 15.4 Å². The zero-order chi connectivity index (χ0) is 20.8. The van der Waals surface area contributed by atoms with Crippen molar-refractivity contribution in [3.05, 3.63) is 71.7 Å². The number of rotatable bonds is 7. The summed E-state index contributed by atoms with van der Waals surface area (Å²) in [5, 5.41) is 7.23. The van der Waals surface area contributed by atoms with Crippen molar-refractivity contribution < 1.29 is 9.59 Å². The second kappa shape index (κ2) is 9.14. The molecule has 3 aromatic rings. The Bertz CT molecular complexity index is 993. The van der Waals surface area contributed by atoms with Gasteiger partial charge in [0.05, 0.1) is 17.5 Å². The van der Waals surface area contributed by atoms with E-state index < -0.39 is 0 Å². The van der Waals surface area contributed by atoms with Crippen molar-refractivity contribution in [2.24, 2.45) is 0 Å². The van der Waals surface area contributed by atoms with Gasteiger partial charge >= 0.3 is 0 Å². The fourth-order valence-corrected chi connectivity index (χ4v) is 3.20. The molecular weight excluding hydrogens is 366 g/mol.